The molecule has 0 unspecified atom stereocenters. The number of hydrogen-bond donors (Lipinski definition) is 0. The maximum Gasteiger partial charge on any atom is 0.209 e. The summed E-state index contributed by atoms with van der Waals surface area (Å²) in [6, 6.07) is 7.26. The number of thiophene rings is 1. The van der Waals surface area contributed by atoms with Crippen molar-refractivity contribution in [2.75, 3.05) is 6.54 Å². The van der Waals surface area contributed by atoms with Crippen molar-refractivity contribution in [3.63, 3.8) is 0 Å². The van der Waals surface area contributed by atoms with E-state index in [2.05, 4.69) is 30.5 Å². The Morgan fingerprint density at radius 2 is 2.25 bits per heavy atom. The van der Waals surface area contributed by atoms with Crippen molar-refractivity contribution >= 4 is 27.8 Å². The van der Waals surface area contributed by atoms with E-state index < -0.39 is 0 Å². The molecule has 106 valence electrons. The second kappa shape index (κ2) is 5.96. The summed E-state index contributed by atoms with van der Waals surface area (Å²) >= 11 is 1.81. The van der Waals surface area contributed by atoms with Crippen LogP contribution in [0.1, 0.15) is 37.3 Å². The van der Waals surface area contributed by atoms with Gasteiger partial charge in [-0.2, -0.15) is 0 Å². The number of amides is 1. The Morgan fingerprint density at radius 1 is 1.40 bits per heavy atom. The summed E-state index contributed by atoms with van der Waals surface area (Å²) in [5.41, 5.74) is 2.79. The molecule has 1 saturated carbocycles. The first-order valence-corrected chi connectivity index (χ1v) is 8.40. The molecule has 0 saturated heterocycles. The van der Waals surface area contributed by atoms with E-state index in [-0.39, 0.29) is 0 Å². The van der Waals surface area contributed by atoms with Crippen molar-refractivity contribution < 1.29 is 4.79 Å². The van der Waals surface area contributed by atoms with E-state index in [0.717, 1.165) is 25.8 Å². The van der Waals surface area contributed by atoms with Gasteiger partial charge in [0.15, 0.2) is 0 Å². The summed E-state index contributed by atoms with van der Waals surface area (Å²) in [6.45, 7) is 3.05. The predicted molar refractivity (Wildman–Crippen MR) is 85.3 cm³/mol. The van der Waals surface area contributed by atoms with Gasteiger partial charge in [0.2, 0.25) is 6.41 Å². The Labute approximate surface area is 124 Å². The third-order valence-corrected chi connectivity index (χ3v) is 5.46. The summed E-state index contributed by atoms with van der Waals surface area (Å²) in [4.78, 5) is 13.2. The second-order valence-electron chi connectivity index (χ2n) is 5.62. The number of nitrogens with zero attached hydrogens (tertiary/aromatic N) is 1. The highest BCUT2D eigenvalue weighted by molar-refractivity contribution is 7.17. The minimum atomic E-state index is 0.503. The van der Waals surface area contributed by atoms with Crippen LogP contribution in [0.5, 0.6) is 0 Å². The van der Waals surface area contributed by atoms with Gasteiger partial charge in [-0.15, -0.1) is 11.3 Å². The van der Waals surface area contributed by atoms with E-state index in [0.29, 0.717) is 6.04 Å². The Morgan fingerprint density at radius 3 is 2.90 bits per heavy atom. The van der Waals surface area contributed by atoms with Crippen molar-refractivity contribution in [3.8, 4) is 0 Å². The zero-order valence-corrected chi connectivity index (χ0v) is 12.8. The first kappa shape index (κ1) is 13.6. The number of carbonyl (C=O) groups is 1. The lowest BCUT2D eigenvalue weighted by atomic mass is 9.91. The molecule has 3 rings (SSSR count). The van der Waals surface area contributed by atoms with Crippen molar-refractivity contribution in [1.29, 1.82) is 0 Å². The van der Waals surface area contributed by atoms with E-state index in [1.807, 2.05) is 16.2 Å². The molecule has 0 N–H and O–H groups in total. The fraction of sp³-hybridized carbons (Fsp3) is 0.471. The molecule has 1 amide bonds. The Hall–Kier alpha value is -1.35. The van der Waals surface area contributed by atoms with Crippen molar-refractivity contribution in [2.24, 2.45) is 0 Å². The summed E-state index contributed by atoms with van der Waals surface area (Å²) in [5.74, 6) is 0. The van der Waals surface area contributed by atoms with Gasteiger partial charge in [0.25, 0.3) is 0 Å². The Bertz CT molecular complexity index is 600. The highest BCUT2D eigenvalue weighted by atomic mass is 32.1. The van der Waals surface area contributed by atoms with Gasteiger partial charge in [-0.1, -0.05) is 19.1 Å². The van der Waals surface area contributed by atoms with Crippen molar-refractivity contribution in [2.45, 2.75) is 45.1 Å². The van der Waals surface area contributed by atoms with Gasteiger partial charge in [-0.25, -0.2) is 0 Å². The van der Waals surface area contributed by atoms with E-state index in [4.69, 9.17) is 0 Å². The standard InChI is InChI=1S/C17H21NOS/c1-2-13-6-7-17-16(10-13)14(11-20-17)8-9-18(12-19)15-4-3-5-15/h6-7,10-12,15H,2-5,8-9H2,1H3. The molecule has 1 aromatic carbocycles. The highest BCUT2D eigenvalue weighted by Gasteiger charge is 2.23. The number of carbonyl (C=O) groups excluding carboxylic acids is 1. The van der Waals surface area contributed by atoms with Gasteiger partial charge in [-0.3, -0.25) is 4.79 Å². The third kappa shape index (κ3) is 2.59. The van der Waals surface area contributed by atoms with Gasteiger partial charge < -0.3 is 4.90 Å². The van der Waals surface area contributed by atoms with Gasteiger partial charge in [0.1, 0.15) is 0 Å². The van der Waals surface area contributed by atoms with E-state index in [1.165, 1.54) is 40.5 Å². The molecule has 0 atom stereocenters. The van der Waals surface area contributed by atoms with Crippen molar-refractivity contribution in [3.05, 3.63) is 34.7 Å². The number of rotatable bonds is 6. The second-order valence-corrected chi connectivity index (χ2v) is 6.53. The molecule has 0 radical (unpaired) electrons. The quantitative estimate of drug-likeness (QED) is 0.735. The smallest absolute Gasteiger partial charge is 0.209 e. The molecule has 2 aromatic rings. The Balaban J connectivity index is 1.74. The number of hydrogen-bond acceptors (Lipinski definition) is 2. The molecular formula is C17H21NOS. The van der Waals surface area contributed by atoms with Gasteiger partial charge >= 0.3 is 0 Å². The summed E-state index contributed by atoms with van der Waals surface area (Å²) in [7, 11) is 0. The lowest BCUT2D eigenvalue weighted by Crippen LogP contribution is -2.40. The fourth-order valence-electron chi connectivity index (χ4n) is 2.83. The molecule has 2 nitrogen and oxygen atoms in total. The van der Waals surface area contributed by atoms with E-state index >= 15 is 0 Å². The molecule has 0 bridgehead atoms. The zero-order chi connectivity index (χ0) is 13.9. The molecule has 20 heavy (non-hydrogen) atoms. The van der Waals surface area contributed by atoms with Gasteiger partial charge in [0, 0.05) is 17.3 Å². The van der Waals surface area contributed by atoms with Crippen molar-refractivity contribution in [1.82, 2.24) is 4.90 Å². The van der Waals surface area contributed by atoms with Crippen LogP contribution in [-0.4, -0.2) is 23.9 Å². The van der Waals surface area contributed by atoms with Gasteiger partial charge in [0.05, 0.1) is 0 Å². The van der Waals surface area contributed by atoms with Crippen LogP contribution in [0.4, 0.5) is 0 Å². The minimum absolute atomic E-state index is 0.503. The van der Waals surface area contributed by atoms with Crippen LogP contribution in [0.3, 0.4) is 0 Å². The SMILES string of the molecule is CCc1ccc2scc(CCN(C=O)C3CCC3)c2c1. The van der Waals surface area contributed by atoms with Crippen LogP contribution in [0.2, 0.25) is 0 Å². The van der Waals surface area contributed by atoms with Crippen LogP contribution >= 0.6 is 11.3 Å². The zero-order valence-electron chi connectivity index (χ0n) is 12.0. The Kier molecular flexibility index (Phi) is 4.06. The molecule has 1 heterocycles. The molecule has 1 aromatic heterocycles. The van der Waals surface area contributed by atoms with Crippen LogP contribution < -0.4 is 0 Å². The van der Waals surface area contributed by atoms with Gasteiger partial charge in [-0.05, 0) is 60.1 Å². The number of fused-ring (bicyclic) bond motifs is 1. The maximum absolute atomic E-state index is 11.2. The average Bonchev–Trinajstić information content (AvgIpc) is 2.83. The lowest BCUT2D eigenvalue weighted by molar-refractivity contribution is -0.121. The monoisotopic (exact) mass is 287 g/mol. The van der Waals surface area contributed by atoms with E-state index in [9.17, 15) is 4.79 Å². The highest BCUT2D eigenvalue weighted by Crippen LogP contribution is 2.29. The molecule has 1 fully saturated rings. The summed E-state index contributed by atoms with van der Waals surface area (Å²) in [6.07, 6.45) is 6.73. The molecule has 0 spiro atoms. The van der Waals surface area contributed by atoms with Crippen LogP contribution in [-0.2, 0) is 17.6 Å². The topological polar surface area (TPSA) is 20.3 Å². The third-order valence-electron chi connectivity index (χ3n) is 4.44. The molecule has 3 heteroatoms. The van der Waals surface area contributed by atoms with E-state index in [1.54, 1.807) is 0 Å². The predicted octanol–water partition coefficient (Wildman–Crippen LogP) is 4.02. The molecule has 1 aliphatic carbocycles. The first-order valence-electron chi connectivity index (χ1n) is 7.52. The lowest BCUT2D eigenvalue weighted by Gasteiger charge is -2.34. The van der Waals surface area contributed by atoms with Crippen LogP contribution in [0.25, 0.3) is 10.1 Å². The maximum atomic E-state index is 11.2. The fourth-order valence-corrected chi connectivity index (χ4v) is 3.81. The molecular weight excluding hydrogens is 266 g/mol. The number of aryl methyl sites for hydroxylation is 1. The van der Waals surface area contributed by atoms with Crippen LogP contribution in [0, 0.1) is 0 Å². The minimum Gasteiger partial charge on any atom is -0.342 e. The largest absolute Gasteiger partial charge is 0.342 e. The molecule has 1 aliphatic rings. The molecule has 0 aliphatic heterocycles. The number of benzene rings is 1. The average molecular weight is 287 g/mol. The normalized spacial score (nSPS) is 15.2. The summed E-state index contributed by atoms with van der Waals surface area (Å²) < 4.78 is 1.36. The summed E-state index contributed by atoms with van der Waals surface area (Å²) in [5, 5.41) is 3.64. The first-order chi connectivity index (χ1) is 9.81. The van der Waals surface area contributed by atoms with Crippen LogP contribution in [0.15, 0.2) is 23.6 Å².